The highest BCUT2D eigenvalue weighted by Gasteiger charge is 2.40. The Bertz CT molecular complexity index is 1550. The molecule has 1 fully saturated rings. The fraction of sp³-hybridized carbons (Fsp3) is 0.226. The first kappa shape index (κ1) is 23.5. The van der Waals surface area contributed by atoms with Crippen molar-refractivity contribution < 1.29 is 4.79 Å². The fourth-order valence-electron chi connectivity index (χ4n) is 5.65. The summed E-state index contributed by atoms with van der Waals surface area (Å²) in [7, 11) is 0. The van der Waals surface area contributed by atoms with E-state index in [-0.39, 0.29) is 11.3 Å². The van der Waals surface area contributed by atoms with E-state index in [1.807, 2.05) is 47.4 Å². The molecule has 3 heterocycles. The summed E-state index contributed by atoms with van der Waals surface area (Å²) in [6.45, 7) is 3.41. The molecule has 4 aromatic rings. The number of fused-ring (bicyclic) bond motifs is 3. The van der Waals surface area contributed by atoms with E-state index in [0.29, 0.717) is 22.0 Å². The topological polar surface area (TPSA) is 71.2 Å². The molecule has 2 aliphatic heterocycles. The van der Waals surface area contributed by atoms with Gasteiger partial charge in [-0.1, -0.05) is 53.8 Å². The number of rotatable bonds is 1. The van der Waals surface area contributed by atoms with Crippen molar-refractivity contribution in [2.45, 2.75) is 24.8 Å². The van der Waals surface area contributed by atoms with Gasteiger partial charge in [-0.05, 0) is 60.4 Å². The third-order valence-electron chi connectivity index (χ3n) is 7.72. The molecular weight excluding hydrogens is 480 g/mol. The molecule has 0 saturated carbocycles. The maximum Gasteiger partial charge on any atom is 0.253 e. The van der Waals surface area contributed by atoms with Crippen LogP contribution in [0.2, 0.25) is 5.02 Å². The van der Waals surface area contributed by atoms with Gasteiger partial charge in [-0.3, -0.25) is 4.79 Å². The van der Waals surface area contributed by atoms with E-state index in [1.165, 1.54) is 11.1 Å². The first-order valence-electron chi connectivity index (χ1n) is 12.6. The summed E-state index contributed by atoms with van der Waals surface area (Å²) in [5.74, 6) is 6.76. The van der Waals surface area contributed by atoms with Crippen LogP contribution in [-0.4, -0.2) is 35.4 Å². The van der Waals surface area contributed by atoms with E-state index in [2.05, 4.69) is 46.4 Å². The Kier molecular flexibility index (Phi) is 6.08. The van der Waals surface area contributed by atoms with Gasteiger partial charge in [-0.2, -0.15) is 0 Å². The van der Waals surface area contributed by atoms with Crippen molar-refractivity contribution in [2.24, 2.45) is 0 Å². The zero-order valence-electron chi connectivity index (χ0n) is 20.4. The summed E-state index contributed by atoms with van der Waals surface area (Å²) in [5.41, 5.74) is 11.2. The summed E-state index contributed by atoms with van der Waals surface area (Å²) in [4.78, 5) is 19.5. The highest BCUT2D eigenvalue weighted by Crippen LogP contribution is 2.39. The number of carbonyl (C=O) groups is 1. The second kappa shape index (κ2) is 9.55. The molecule has 2 aliphatic rings. The van der Waals surface area contributed by atoms with Crippen LogP contribution in [0.25, 0.3) is 10.8 Å². The molecule has 1 saturated heterocycles. The summed E-state index contributed by atoms with van der Waals surface area (Å²) >= 11 is 6.19. The number of halogens is 1. The van der Waals surface area contributed by atoms with Crippen LogP contribution < -0.4 is 11.1 Å². The number of aromatic nitrogens is 1. The van der Waals surface area contributed by atoms with Crippen molar-refractivity contribution in [3.05, 3.63) is 106 Å². The zero-order chi connectivity index (χ0) is 25.4. The van der Waals surface area contributed by atoms with E-state index in [4.69, 9.17) is 17.3 Å². The van der Waals surface area contributed by atoms with Gasteiger partial charge in [0.1, 0.15) is 5.82 Å². The molecule has 0 atom stereocenters. The average molecular weight is 507 g/mol. The Morgan fingerprint density at radius 2 is 1.81 bits per heavy atom. The molecule has 0 unspecified atom stereocenters. The maximum atomic E-state index is 13.3. The summed E-state index contributed by atoms with van der Waals surface area (Å²) in [6.07, 6.45) is 3.66. The van der Waals surface area contributed by atoms with E-state index >= 15 is 0 Å². The molecule has 1 spiro atoms. The molecule has 3 N–H and O–H groups in total. The quantitative estimate of drug-likeness (QED) is 0.350. The van der Waals surface area contributed by atoms with Gasteiger partial charge in [0.15, 0.2) is 0 Å². The number of hydrogen-bond acceptors (Lipinski definition) is 4. The number of nitrogens with two attached hydrogens (primary N) is 1. The van der Waals surface area contributed by atoms with Crippen molar-refractivity contribution in [3.63, 3.8) is 0 Å². The van der Waals surface area contributed by atoms with E-state index < -0.39 is 0 Å². The van der Waals surface area contributed by atoms with E-state index in [1.54, 1.807) is 6.20 Å². The molecule has 6 rings (SSSR count). The standard InChI is InChI=1S/C31H27ClN4O/c32-25-11-10-23-19-35-29(33)26(27(23)17-25)12-7-21-5-8-22(9-6-21)30(37)36-15-13-31(14-16-36)20-34-18-24-3-1-2-4-28(24)31/h1-6,8-11,17,19,34H,13-16,18,20H2,(H2,33,35). The van der Waals surface area contributed by atoms with Crippen LogP contribution in [-0.2, 0) is 12.0 Å². The van der Waals surface area contributed by atoms with Gasteiger partial charge in [-0.25, -0.2) is 4.98 Å². The Morgan fingerprint density at radius 3 is 2.62 bits per heavy atom. The van der Waals surface area contributed by atoms with Crippen molar-refractivity contribution in [2.75, 3.05) is 25.4 Å². The lowest BCUT2D eigenvalue weighted by atomic mass is 9.69. The lowest BCUT2D eigenvalue weighted by Gasteiger charge is -2.45. The Balaban J connectivity index is 1.17. The van der Waals surface area contributed by atoms with Gasteiger partial charge in [0.05, 0.1) is 5.56 Å². The molecule has 6 heteroatoms. The predicted molar refractivity (Wildman–Crippen MR) is 149 cm³/mol. The molecule has 37 heavy (non-hydrogen) atoms. The van der Waals surface area contributed by atoms with Gasteiger partial charge < -0.3 is 16.0 Å². The molecule has 184 valence electrons. The fourth-order valence-corrected chi connectivity index (χ4v) is 5.82. The molecule has 1 aromatic heterocycles. The normalized spacial score (nSPS) is 16.2. The second-order valence-corrected chi connectivity index (χ2v) is 10.3. The average Bonchev–Trinajstić information content (AvgIpc) is 2.93. The number of carbonyl (C=O) groups excluding carboxylic acids is 1. The van der Waals surface area contributed by atoms with Crippen molar-refractivity contribution >= 4 is 34.1 Å². The van der Waals surface area contributed by atoms with Gasteiger partial charge in [-0.15, -0.1) is 0 Å². The van der Waals surface area contributed by atoms with Gasteiger partial charge >= 0.3 is 0 Å². The summed E-state index contributed by atoms with van der Waals surface area (Å²) in [6, 6.07) is 21.8. The first-order valence-corrected chi connectivity index (χ1v) is 12.9. The van der Waals surface area contributed by atoms with Crippen LogP contribution in [0.3, 0.4) is 0 Å². The Morgan fingerprint density at radius 1 is 1.03 bits per heavy atom. The predicted octanol–water partition coefficient (Wildman–Crippen LogP) is 5.15. The van der Waals surface area contributed by atoms with E-state index in [9.17, 15) is 4.79 Å². The van der Waals surface area contributed by atoms with Gasteiger partial charge in [0, 0.05) is 64.7 Å². The first-order chi connectivity index (χ1) is 18.0. The summed E-state index contributed by atoms with van der Waals surface area (Å²) in [5, 5.41) is 6.01. The number of anilines is 1. The number of nitrogens with zero attached hydrogens (tertiary/aromatic N) is 2. The Labute approximate surface area is 221 Å². The van der Waals surface area contributed by atoms with Crippen LogP contribution in [0.1, 0.15) is 45.5 Å². The molecule has 0 bridgehead atoms. The van der Waals surface area contributed by atoms with Crippen LogP contribution in [0.15, 0.2) is 72.9 Å². The number of amides is 1. The van der Waals surface area contributed by atoms with Crippen molar-refractivity contribution in [1.29, 1.82) is 0 Å². The molecular formula is C31H27ClN4O. The Hall–Kier alpha value is -3.85. The third kappa shape index (κ3) is 4.44. The second-order valence-electron chi connectivity index (χ2n) is 9.91. The molecule has 5 nitrogen and oxygen atoms in total. The summed E-state index contributed by atoms with van der Waals surface area (Å²) < 4.78 is 0. The highest BCUT2D eigenvalue weighted by atomic mass is 35.5. The number of pyridine rings is 1. The number of nitrogen functional groups attached to an aromatic ring is 1. The zero-order valence-corrected chi connectivity index (χ0v) is 21.2. The molecule has 1 amide bonds. The number of likely N-dealkylation sites (tertiary alicyclic amines) is 1. The molecule has 0 radical (unpaired) electrons. The monoisotopic (exact) mass is 506 g/mol. The van der Waals surface area contributed by atoms with Gasteiger partial charge in [0.2, 0.25) is 0 Å². The minimum Gasteiger partial charge on any atom is -0.383 e. The maximum absolute atomic E-state index is 13.3. The number of piperidine rings is 1. The lowest BCUT2D eigenvalue weighted by Crippen LogP contribution is -2.51. The third-order valence-corrected chi connectivity index (χ3v) is 7.96. The SMILES string of the molecule is Nc1ncc2ccc(Cl)cc2c1C#Cc1ccc(C(=O)N2CCC3(CC2)CNCc2ccccc23)cc1. The molecule has 0 aliphatic carbocycles. The van der Waals surface area contributed by atoms with Crippen LogP contribution in [0.5, 0.6) is 0 Å². The number of hydrogen-bond donors (Lipinski definition) is 2. The molecule has 3 aromatic carbocycles. The van der Waals surface area contributed by atoms with Crippen molar-refractivity contribution in [1.82, 2.24) is 15.2 Å². The minimum atomic E-state index is 0.0727. The van der Waals surface area contributed by atoms with Crippen LogP contribution >= 0.6 is 11.6 Å². The van der Waals surface area contributed by atoms with Crippen LogP contribution in [0.4, 0.5) is 5.82 Å². The lowest BCUT2D eigenvalue weighted by molar-refractivity contribution is 0.0659. The highest BCUT2D eigenvalue weighted by molar-refractivity contribution is 6.31. The van der Waals surface area contributed by atoms with E-state index in [0.717, 1.165) is 55.4 Å². The van der Waals surface area contributed by atoms with Gasteiger partial charge in [0.25, 0.3) is 5.91 Å². The number of benzene rings is 3. The minimum absolute atomic E-state index is 0.0727. The van der Waals surface area contributed by atoms with Crippen molar-refractivity contribution in [3.8, 4) is 11.8 Å². The number of nitrogens with one attached hydrogen (secondary N) is 1. The largest absolute Gasteiger partial charge is 0.383 e. The smallest absolute Gasteiger partial charge is 0.253 e. The van der Waals surface area contributed by atoms with Crippen LogP contribution in [0, 0.1) is 11.8 Å².